The van der Waals surface area contributed by atoms with Crippen LogP contribution in [-0.4, -0.2) is 9.97 Å². The van der Waals surface area contributed by atoms with E-state index in [-0.39, 0.29) is 0 Å². The van der Waals surface area contributed by atoms with Gasteiger partial charge in [0.15, 0.2) is 0 Å². The minimum atomic E-state index is -0.464. The van der Waals surface area contributed by atoms with Crippen molar-refractivity contribution in [2.75, 3.05) is 5.32 Å². The third-order valence-electron chi connectivity index (χ3n) is 3.41. The van der Waals surface area contributed by atoms with Crippen LogP contribution in [0.15, 0.2) is 42.6 Å². The van der Waals surface area contributed by atoms with Crippen molar-refractivity contribution in [1.82, 2.24) is 9.97 Å². The van der Waals surface area contributed by atoms with Gasteiger partial charge in [-0.25, -0.2) is 9.97 Å². The molecule has 0 aliphatic carbocycles. The highest BCUT2D eigenvalue weighted by Crippen LogP contribution is 2.24. The van der Waals surface area contributed by atoms with E-state index in [1.54, 1.807) is 24.4 Å². The van der Waals surface area contributed by atoms with Gasteiger partial charge in [-0.1, -0.05) is 6.92 Å². The molecule has 0 radical (unpaired) electrons. The molecule has 22 heavy (non-hydrogen) atoms. The second-order valence-corrected chi connectivity index (χ2v) is 4.86. The molecule has 0 aliphatic rings. The Labute approximate surface area is 127 Å². The number of aromatic nitrogens is 2. The Kier molecular flexibility index (Phi) is 3.67. The van der Waals surface area contributed by atoms with E-state index in [4.69, 9.17) is 5.26 Å². The van der Waals surface area contributed by atoms with Gasteiger partial charge in [-0.2, -0.15) is 9.65 Å². The molecule has 3 rings (SSSR count). The second kappa shape index (κ2) is 5.78. The Bertz CT molecular complexity index is 883. The number of hydrogen-bond acceptors (Lipinski definition) is 4. The SMILES string of the molecule is CCc1cc(F)nc2ccc(Nc3cc(C#N)ccn3)cc12. The molecule has 1 N–H and O–H groups in total. The van der Waals surface area contributed by atoms with E-state index in [1.165, 1.54) is 6.07 Å². The van der Waals surface area contributed by atoms with Gasteiger partial charge in [-0.15, -0.1) is 0 Å². The first-order valence-corrected chi connectivity index (χ1v) is 6.92. The molecule has 0 saturated heterocycles. The van der Waals surface area contributed by atoms with Gasteiger partial charge >= 0.3 is 0 Å². The van der Waals surface area contributed by atoms with Crippen LogP contribution in [0.4, 0.5) is 15.9 Å². The molecular weight excluding hydrogens is 279 g/mol. The molecule has 0 fully saturated rings. The molecule has 0 bridgehead atoms. The summed E-state index contributed by atoms with van der Waals surface area (Å²) in [6, 6.07) is 12.4. The lowest BCUT2D eigenvalue weighted by Gasteiger charge is -2.09. The summed E-state index contributed by atoms with van der Waals surface area (Å²) in [6.45, 7) is 1.98. The topological polar surface area (TPSA) is 61.6 Å². The number of nitrogens with one attached hydrogen (secondary N) is 1. The Morgan fingerprint density at radius 3 is 2.86 bits per heavy atom. The van der Waals surface area contributed by atoms with Gasteiger partial charge in [0.1, 0.15) is 5.82 Å². The molecule has 2 aromatic heterocycles. The van der Waals surface area contributed by atoms with E-state index in [9.17, 15) is 4.39 Å². The first-order chi connectivity index (χ1) is 10.7. The number of anilines is 2. The molecule has 3 aromatic rings. The van der Waals surface area contributed by atoms with Gasteiger partial charge in [-0.3, -0.25) is 0 Å². The molecule has 0 spiro atoms. The number of fused-ring (bicyclic) bond motifs is 1. The molecule has 0 saturated carbocycles. The van der Waals surface area contributed by atoms with Crippen LogP contribution in [-0.2, 0) is 6.42 Å². The Hall–Kier alpha value is -3.00. The highest BCUT2D eigenvalue weighted by molar-refractivity contribution is 5.86. The van der Waals surface area contributed by atoms with Gasteiger partial charge in [0.2, 0.25) is 5.95 Å². The van der Waals surface area contributed by atoms with Crippen LogP contribution in [0, 0.1) is 17.3 Å². The van der Waals surface area contributed by atoms with Crippen molar-refractivity contribution in [3.05, 3.63) is 59.7 Å². The van der Waals surface area contributed by atoms with Crippen molar-refractivity contribution in [1.29, 1.82) is 5.26 Å². The minimum absolute atomic E-state index is 0.464. The number of benzene rings is 1. The van der Waals surface area contributed by atoms with Crippen molar-refractivity contribution in [2.45, 2.75) is 13.3 Å². The summed E-state index contributed by atoms with van der Waals surface area (Å²) in [5, 5.41) is 13.0. The molecule has 0 aliphatic heterocycles. The standard InChI is InChI=1S/C17H13FN4/c1-2-12-8-16(18)22-15-4-3-13(9-14(12)15)21-17-7-11(10-19)5-6-20-17/h3-9H,2H2,1H3,(H,20,21). The monoisotopic (exact) mass is 292 g/mol. The zero-order chi connectivity index (χ0) is 15.5. The number of aryl methyl sites for hydroxylation is 1. The number of halogens is 1. The van der Waals surface area contributed by atoms with Gasteiger partial charge in [0.25, 0.3) is 0 Å². The lowest BCUT2D eigenvalue weighted by Crippen LogP contribution is -1.96. The van der Waals surface area contributed by atoms with Crippen LogP contribution in [0.3, 0.4) is 0 Å². The van der Waals surface area contributed by atoms with Crippen LogP contribution in [0.5, 0.6) is 0 Å². The Morgan fingerprint density at radius 2 is 2.09 bits per heavy atom. The summed E-state index contributed by atoms with van der Waals surface area (Å²) >= 11 is 0. The maximum atomic E-state index is 13.4. The quantitative estimate of drug-likeness (QED) is 0.742. The maximum Gasteiger partial charge on any atom is 0.213 e. The van der Waals surface area contributed by atoms with Gasteiger partial charge < -0.3 is 5.32 Å². The summed E-state index contributed by atoms with van der Waals surface area (Å²) < 4.78 is 13.4. The lowest BCUT2D eigenvalue weighted by atomic mass is 10.1. The third-order valence-corrected chi connectivity index (χ3v) is 3.41. The average Bonchev–Trinajstić information content (AvgIpc) is 2.54. The van der Waals surface area contributed by atoms with E-state index in [2.05, 4.69) is 21.4 Å². The smallest absolute Gasteiger partial charge is 0.213 e. The highest BCUT2D eigenvalue weighted by Gasteiger charge is 2.06. The third kappa shape index (κ3) is 2.72. The number of nitrogens with zero attached hydrogens (tertiary/aromatic N) is 3. The fourth-order valence-electron chi connectivity index (χ4n) is 2.35. The van der Waals surface area contributed by atoms with Gasteiger partial charge in [0, 0.05) is 17.3 Å². The van der Waals surface area contributed by atoms with Crippen LogP contribution in [0.1, 0.15) is 18.1 Å². The van der Waals surface area contributed by atoms with E-state index in [0.29, 0.717) is 16.9 Å². The van der Waals surface area contributed by atoms with Crippen molar-refractivity contribution >= 4 is 22.4 Å². The average molecular weight is 292 g/mol. The fourth-order valence-corrected chi connectivity index (χ4v) is 2.35. The minimum Gasteiger partial charge on any atom is -0.340 e. The summed E-state index contributed by atoms with van der Waals surface area (Å²) in [6.07, 6.45) is 2.30. The first-order valence-electron chi connectivity index (χ1n) is 6.92. The van der Waals surface area contributed by atoms with Crippen molar-refractivity contribution in [3.8, 4) is 6.07 Å². The van der Waals surface area contributed by atoms with E-state index >= 15 is 0 Å². The largest absolute Gasteiger partial charge is 0.340 e. The van der Waals surface area contributed by atoms with Crippen LogP contribution in [0.25, 0.3) is 10.9 Å². The van der Waals surface area contributed by atoms with Crippen LogP contribution in [0.2, 0.25) is 0 Å². The zero-order valence-corrected chi connectivity index (χ0v) is 12.0. The summed E-state index contributed by atoms with van der Waals surface area (Å²) in [7, 11) is 0. The molecule has 4 nitrogen and oxygen atoms in total. The van der Waals surface area contributed by atoms with Gasteiger partial charge in [0.05, 0.1) is 17.1 Å². The van der Waals surface area contributed by atoms with E-state index < -0.39 is 5.95 Å². The second-order valence-electron chi connectivity index (χ2n) is 4.86. The van der Waals surface area contributed by atoms with Crippen molar-refractivity contribution < 1.29 is 4.39 Å². The maximum absolute atomic E-state index is 13.4. The van der Waals surface area contributed by atoms with Gasteiger partial charge in [-0.05, 0) is 48.4 Å². The molecule has 0 amide bonds. The molecule has 2 heterocycles. The Balaban J connectivity index is 2.01. The van der Waals surface area contributed by atoms with Crippen molar-refractivity contribution in [2.24, 2.45) is 0 Å². The zero-order valence-electron chi connectivity index (χ0n) is 12.0. The van der Waals surface area contributed by atoms with Crippen molar-refractivity contribution in [3.63, 3.8) is 0 Å². The number of pyridine rings is 2. The summed E-state index contributed by atoms with van der Waals surface area (Å²) in [5.41, 5.74) is 2.89. The number of nitriles is 1. The molecule has 0 unspecified atom stereocenters. The fraction of sp³-hybridized carbons (Fsp3) is 0.118. The predicted octanol–water partition coefficient (Wildman–Crippen LogP) is 3.95. The number of hydrogen-bond donors (Lipinski definition) is 1. The lowest BCUT2D eigenvalue weighted by molar-refractivity contribution is 0.587. The van der Waals surface area contributed by atoms with Crippen LogP contribution < -0.4 is 5.32 Å². The molecule has 5 heteroatoms. The summed E-state index contributed by atoms with van der Waals surface area (Å²) in [5.74, 6) is 0.125. The predicted molar refractivity (Wildman–Crippen MR) is 83.3 cm³/mol. The molecular formula is C17H13FN4. The first kappa shape index (κ1) is 14.0. The molecule has 0 atom stereocenters. The number of rotatable bonds is 3. The molecule has 108 valence electrons. The summed E-state index contributed by atoms with van der Waals surface area (Å²) in [4.78, 5) is 8.09. The highest BCUT2D eigenvalue weighted by atomic mass is 19.1. The Morgan fingerprint density at radius 1 is 1.23 bits per heavy atom. The normalized spacial score (nSPS) is 10.4. The van der Waals surface area contributed by atoms with Crippen LogP contribution >= 0.6 is 0 Å². The molecule has 1 aromatic carbocycles. The van der Waals surface area contributed by atoms with E-state index in [0.717, 1.165) is 23.1 Å². The van der Waals surface area contributed by atoms with E-state index in [1.807, 2.05) is 19.1 Å².